The molecule has 1 saturated carbocycles. The number of pyridine rings is 2. The Hall–Kier alpha value is -4.83. The number of nitriles is 1. The summed E-state index contributed by atoms with van der Waals surface area (Å²) >= 11 is 0. The number of carboxylic acids is 1. The van der Waals surface area contributed by atoms with Gasteiger partial charge >= 0.3 is 11.9 Å². The number of hydrogen-bond donors (Lipinski definition) is 2. The largest absolute Gasteiger partial charge is 0.478 e. The average molecular weight is 620 g/mol. The van der Waals surface area contributed by atoms with Crippen LogP contribution in [0.25, 0.3) is 0 Å². The highest BCUT2D eigenvalue weighted by Crippen LogP contribution is 2.29. The number of aryl methyl sites for hydroxylation is 2. The highest BCUT2D eigenvalue weighted by atomic mass is 32.2. The number of carboxylic acid groups (broad SMARTS) is 1. The summed E-state index contributed by atoms with van der Waals surface area (Å²) in [5.74, 6) is -2.17. The number of esters is 1. The molecule has 0 spiro atoms. The highest BCUT2D eigenvalue weighted by Gasteiger charge is 2.31. The molecule has 5 rings (SSSR count). The second-order valence-electron chi connectivity index (χ2n) is 10.6. The van der Waals surface area contributed by atoms with Crippen LogP contribution in [0.5, 0.6) is 0 Å². The highest BCUT2D eigenvalue weighted by molar-refractivity contribution is 7.89. The molecule has 2 fully saturated rings. The lowest BCUT2D eigenvalue weighted by molar-refractivity contribution is -0.123. The van der Waals surface area contributed by atoms with Gasteiger partial charge in [-0.25, -0.2) is 23.0 Å². The number of carbonyl (C=O) groups excluding carboxylic acids is 2. The molecule has 13 heteroatoms. The van der Waals surface area contributed by atoms with Crippen LogP contribution >= 0.6 is 0 Å². The van der Waals surface area contributed by atoms with E-state index in [1.807, 2.05) is 4.90 Å². The summed E-state index contributed by atoms with van der Waals surface area (Å²) in [6.45, 7) is 4.24. The average Bonchev–Trinajstić information content (AvgIpc) is 3.81. The number of ether oxygens (including phenoxy) is 1. The molecule has 12 nitrogen and oxygen atoms in total. The first kappa shape index (κ1) is 32.1. The number of carbonyl (C=O) groups is 3. The summed E-state index contributed by atoms with van der Waals surface area (Å²) in [6.07, 6.45) is 4.09. The van der Waals surface area contributed by atoms with Gasteiger partial charge in [-0.2, -0.15) is 5.26 Å². The maximum absolute atomic E-state index is 12.6. The SMILES string of the molecule is Cc1nc(N2CCC(C(=O)NS(=O)(=O)Cc3ccccc3)CC2)c(C#N)cc1C(=O)OC1CC1.Cc1ncccc1C(=O)O. The van der Waals surface area contributed by atoms with Crippen LogP contribution in [0.2, 0.25) is 0 Å². The predicted molar refractivity (Wildman–Crippen MR) is 160 cm³/mol. The summed E-state index contributed by atoms with van der Waals surface area (Å²) < 4.78 is 32.3. The van der Waals surface area contributed by atoms with E-state index >= 15 is 0 Å². The number of piperidine rings is 1. The van der Waals surface area contributed by atoms with E-state index in [-0.39, 0.29) is 28.5 Å². The number of aromatic carboxylic acids is 1. The standard InChI is InChI=1S/C24H26N4O5S.C7H7NO2/c1-16-21(24(30)33-20-7-8-20)13-19(14-25)22(26-16)28-11-9-18(10-12-28)23(29)27-34(31,32)15-17-5-3-2-4-6-17;1-5-6(7(9)10)3-2-4-8-5/h2-6,13,18,20H,7-12,15H2,1H3,(H,27,29);2-4H,1H3,(H,9,10). The Morgan fingerprint density at radius 2 is 1.70 bits per heavy atom. The fourth-order valence-corrected chi connectivity index (χ4v) is 5.83. The number of sulfonamides is 1. The first-order valence-electron chi connectivity index (χ1n) is 14.1. The van der Waals surface area contributed by atoms with Crippen molar-refractivity contribution in [1.82, 2.24) is 14.7 Å². The van der Waals surface area contributed by atoms with Crippen molar-refractivity contribution < 1.29 is 32.6 Å². The van der Waals surface area contributed by atoms with Crippen molar-refractivity contribution in [3.63, 3.8) is 0 Å². The second-order valence-corrected chi connectivity index (χ2v) is 12.3. The maximum Gasteiger partial charge on any atom is 0.340 e. The topological polar surface area (TPSA) is 180 Å². The number of rotatable bonds is 8. The minimum Gasteiger partial charge on any atom is -0.478 e. The zero-order chi connectivity index (χ0) is 31.9. The van der Waals surface area contributed by atoms with Crippen LogP contribution in [0.3, 0.4) is 0 Å². The fraction of sp³-hybridized carbons (Fsp3) is 0.355. The number of anilines is 1. The zero-order valence-corrected chi connectivity index (χ0v) is 25.2. The predicted octanol–water partition coefficient (Wildman–Crippen LogP) is 3.53. The second kappa shape index (κ2) is 14.1. The molecule has 1 aliphatic carbocycles. The Kier molecular flexibility index (Phi) is 10.3. The monoisotopic (exact) mass is 619 g/mol. The van der Waals surface area contributed by atoms with Gasteiger partial charge in [0.2, 0.25) is 15.9 Å². The van der Waals surface area contributed by atoms with Crippen LogP contribution in [0.15, 0.2) is 54.7 Å². The molecule has 0 atom stereocenters. The third kappa shape index (κ3) is 8.61. The minimum absolute atomic E-state index is 0.0428. The van der Waals surface area contributed by atoms with Crippen LogP contribution < -0.4 is 9.62 Å². The molecule has 2 aromatic heterocycles. The molecular formula is C31H33N5O7S. The van der Waals surface area contributed by atoms with Crippen molar-refractivity contribution in [2.45, 2.75) is 51.4 Å². The molecular weight excluding hydrogens is 586 g/mol. The number of nitrogens with one attached hydrogen (secondary N) is 1. The van der Waals surface area contributed by atoms with Gasteiger partial charge in [0.15, 0.2) is 0 Å². The molecule has 2 aliphatic rings. The molecule has 230 valence electrons. The van der Waals surface area contributed by atoms with E-state index in [1.54, 1.807) is 56.4 Å². The molecule has 3 aromatic rings. The third-order valence-corrected chi connectivity index (χ3v) is 8.42. The van der Waals surface area contributed by atoms with E-state index in [4.69, 9.17) is 9.84 Å². The fourth-order valence-electron chi connectivity index (χ4n) is 4.65. The Morgan fingerprint density at radius 3 is 2.27 bits per heavy atom. The molecule has 1 aliphatic heterocycles. The van der Waals surface area contributed by atoms with Gasteiger partial charge in [-0.15, -0.1) is 0 Å². The van der Waals surface area contributed by atoms with E-state index in [9.17, 15) is 28.1 Å². The quantitative estimate of drug-likeness (QED) is 0.352. The molecule has 2 N–H and O–H groups in total. The summed E-state index contributed by atoms with van der Waals surface area (Å²) in [5.41, 5.74) is 2.45. The van der Waals surface area contributed by atoms with Gasteiger partial charge in [0, 0.05) is 25.2 Å². The molecule has 1 aromatic carbocycles. The van der Waals surface area contributed by atoms with Gasteiger partial charge in [0.25, 0.3) is 0 Å². The number of hydrogen-bond acceptors (Lipinski definition) is 10. The normalized spacial score (nSPS) is 14.9. The third-order valence-electron chi connectivity index (χ3n) is 7.19. The van der Waals surface area contributed by atoms with E-state index in [0.717, 1.165) is 12.8 Å². The first-order chi connectivity index (χ1) is 21.0. The Balaban J connectivity index is 0.000000375. The Morgan fingerprint density at radius 1 is 1.02 bits per heavy atom. The number of amides is 1. The zero-order valence-electron chi connectivity index (χ0n) is 24.4. The smallest absolute Gasteiger partial charge is 0.340 e. The summed E-state index contributed by atoms with van der Waals surface area (Å²) in [6, 6.07) is 15.4. The molecule has 0 bridgehead atoms. The van der Waals surface area contributed by atoms with Crippen molar-refractivity contribution >= 4 is 33.7 Å². The molecule has 3 heterocycles. The molecule has 1 saturated heterocycles. The van der Waals surface area contributed by atoms with Crippen molar-refractivity contribution in [1.29, 1.82) is 5.26 Å². The molecule has 0 radical (unpaired) electrons. The summed E-state index contributed by atoms with van der Waals surface area (Å²) in [7, 11) is -3.79. The van der Waals surface area contributed by atoms with Crippen LogP contribution in [0.4, 0.5) is 5.82 Å². The van der Waals surface area contributed by atoms with E-state index < -0.39 is 33.8 Å². The Bertz CT molecular complexity index is 1680. The van der Waals surface area contributed by atoms with Gasteiger partial charge in [0.1, 0.15) is 18.0 Å². The van der Waals surface area contributed by atoms with Crippen LogP contribution in [-0.4, -0.2) is 60.5 Å². The lowest BCUT2D eigenvalue weighted by atomic mass is 9.96. The van der Waals surface area contributed by atoms with Gasteiger partial charge in [-0.05, 0) is 63.3 Å². The minimum atomic E-state index is -3.79. The van der Waals surface area contributed by atoms with Gasteiger partial charge in [0.05, 0.1) is 33.8 Å². The van der Waals surface area contributed by atoms with E-state index in [2.05, 4.69) is 20.8 Å². The van der Waals surface area contributed by atoms with E-state index in [1.165, 1.54) is 12.1 Å². The number of aromatic nitrogens is 2. The molecule has 1 amide bonds. The molecule has 0 unspecified atom stereocenters. The number of benzene rings is 1. The van der Waals surface area contributed by atoms with Gasteiger partial charge in [-0.3, -0.25) is 14.5 Å². The summed E-state index contributed by atoms with van der Waals surface area (Å²) in [5, 5.41) is 18.2. The van der Waals surface area contributed by atoms with Crippen LogP contribution in [-0.2, 0) is 25.3 Å². The summed E-state index contributed by atoms with van der Waals surface area (Å²) in [4.78, 5) is 45.5. The first-order valence-corrected chi connectivity index (χ1v) is 15.7. The van der Waals surface area contributed by atoms with Gasteiger partial charge in [-0.1, -0.05) is 30.3 Å². The Labute approximate surface area is 255 Å². The van der Waals surface area contributed by atoms with Crippen LogP contribution in [0.1, 0.15) is 68.9 Å². The van der Waals surface area contributed by atoms with Gasteiger partial charge < -0.3 is 14.7 Å². The lowest BCUT2D eigenvalue weighted by Gasteiger charge is -2.32. The maximum atomic E-state index is 12.6. The van der Waals surface area contributed by atoms with Crippen molar-refractivity contribution in [2.24, 2.45) is 5.92 Å². The molecule has 44 heavy (non-hydrogen) atoms. The number of nitrogens with zero attached hydrogens (tertiary/aromatic N) is 4. The lowest BCUT2D eigenvalue weighted by Crippen LogP contribution is -2.43. The van der Waals surface area contributed by atoms with Crippen LogP contribution in [0, 0.1) is 31.1 Å². The van der Waals surface area contributed by atoms with Crippen molar-refractivity contribution in [3.8, 4) is 6.07 Å². The van der Waals surface area contributed by atoms with E-state index in [0.29, 0.717) is 48.7 Å². The van der Waals surface area contributed by atoms with Crippen molar-refractivity contribution in [2.75, 3.05) is 18.0 Å². The van der Waals surface area contributed by atoms with Crippen molar-refractivity contribution in [3.05, 3.63) is 88.4 Å².